The SMILES string of the molecule is Cc1ccc(NC(=O)CNc2cccc(CO)c2)c(C)c1. The number of carbonyl (C=O) groups excluding carboxylic acids is 1. The zero-order valence-corrected chi connectivity index (χ0v) is 12.3. The molecule has 0 bridgehead atoms. The normalized spacial score (nSPS) is 10.2. The van der Waals surface area contributed by atoms with Gasteiger partial charge in [0.1, 0.15) is 0 Å². The highest BCUT2D eigenvalue weighted by atomic mass is 16.3. The Morgan fingerprint density at radius 3 is 2.67 bits per heavy atom. The minimum atomic E-state index is -0.101. The molecule has 2 rings (SSSR count). The maximum absolute atomic E-state index is 12.0. The highest BCUT2D eigenvalue weighted by molar-refractivity contribution is 5.94. The van der Waals surface area contributed by atoms with Crippen molar-refractivity contribution in [2.24, 2.45) is 0 Å². The minimum Gasteiger partial charge on any atom is -0.392 e. The molecule has 0 aliphatic rings. The summed E-state index contributed by atoms with van der Waals surface area (Å²) >= 11 is 0. The van der Waals surface area contributed by atoms with E-state index in [1.165, 1.54) is 5.56 Å². The van der Waals surface area contributed by atoms with Crippen molar-refractivity contribution in [3.8, 4) is 0 Å². The summed E-state index contributed by atoms with van der Waals surface area (Å²) in [5, 5.41) is 15.0. The van der Waals surface area contributed by atoms with Crippen LogP contribution >= 0.6 is 0 Å². The van der Waals surface area contributed by atoms with E-state index in [9.17, 15) is 4.79 Å². The first kappa shape index (κ1) is 15.1. The number of rotatable bonds is 5. The van der Waals surface area contributed by atoms with E-state index in [2.05, 4.69) is 10.6 Å². The first-order chi connectivity index (χ1) is 10.1. The van der Waals surface area contributed by atoms with Gasteiger partial charge in [-0.1, -0.05) is 29.8 Å². The molecule has 1 amide bonds. The maximum Gasteiger partial charge on any atom is 0.243 e. The van der Waals surface area contributed by atoms with Gasteiger partial charge in [0.05, 0.1) is 13.2 Å². The molecule has 0 saturated heterocycles. The Balaban J connectivity index is 1.92. The zero-order chi connectivity index (χ0) is 15.2. The van der Waals surface area contributed by atoms with Crippen molar-refractivity contribution in [1.29, 1.82) is 0 Å². The average molecular weight is 284 g/mol. The van der Waals surface area contributed by atoms with Crippen LogP contribution in [-0.2, 0) is 11.4 Å². The Hall–Kier alpha value is -2.33. The number of hydrogen-bond acceptors (Lipinski definition) is 3. The Bertz CT molecular complexity index is 638. The molecule has 0 aliphatic heterocycles. The molecule has 0 fully saturated rings. The lowest BCUT2D eigenvalue weighted by Crippen LogP contribution is -2.22. The number of aliphatic hydroxyl groups excluding tert-OH is 1. The molecule has 2 aromatic rings. The third-order valence-electron chi connectivity index (χ3n) is 3.22. The highest BCUT2D eigenvalue weighted by Gasteiger charge is 2.05. The van der Waals surface area contributed by atoms with Crippen LogP contribution in [0.1, 0.15) is 16.7 Å². The van der Waals surface area contributed by atoms with Crippen LogP contribution in [0.15, 0.2) is 42.5 Å². The summed E-state index contributed by atoms with van der Waals surface area (Å²) in [6.45, 7) is 4.17. The fourth-order valence-electron chi connectivity index (χ4n) is 2.11. The second kappa shape index (κ2) is 6.90. The third kappa shape index (κ3) is 4.33. The molecule has 0 spiro atoms. The van der Waals surface area contributed by atoms with Gasteiger partial charge in [0.2, 0.25) is 5.91 Å². The van der Waals surface area contributed by atoms with E-state index in [1.807, 2.05) is 56.3 Å². The molecule has 0 saturated carbocycles. The molecule has 0 aliphatic carbocycles. The summed E-state index contributed by atoms with van der Waals surface area (Å²) in [4.78, 5) is 12.0. The molecule has 110 valence electrons. The average Bonchev–Trinajstić information content (AvgIpc) is 2.48. The second-order valence-corrected chi connectivity index (χ2v) is 5.08. The highest BCUT2D eigenvalue weighted by Crippen LogP contribution is 2.16. The molecular formula is C17H20N2O2. The molecule has 0 heterocycles. The Morgan fingerprint density at radius 2 is 1.95 bits per heavy atom. The van der Waals surface area contributed by atoms with Crippen LogP contribution in [0, 0.1) is 13.8 Å². The van der Waals surface area contributed by atoms with Crippen molar-refractivity contribution in [1.82, 2.24) is 0 Å². The van der Waals surface area contributed by atoms with Crippen molar-refractivity contribution < 1.29 is 9.90 Å². The van der Waals surface area contributed by atoms with Gasteiger partial charge in [0.15, 0.2) is 0 Å². The lowest BCUT2D eigenvalue weighted by Gasteiger charge is -2.11. The number of hydrogen-bond donors (Lipinski definition) is 3. The summed E-state index contributed by atoms with van der Waals surface area (Å²) in [5.74, 6) is -0.101. The van der Waals surface area contributed by atoms with E-state index >= 15 is 0 Å². The van der Waals surface area contributed by atoms with E-state index in [0.717, 1.165) is 22.5 Å². The summed E-state index contributed by atoms with van der Waals surface area (Å²) in [6.07, 6.45) is 0. The van der Waals surface area contributed by atoms with E-state index in [-0.39, 0.29) is 19.1 Å². The molecule has 3 N–H and O–H groups in total. The number of nitrogens with one attached hydrogen (secondary N) is 2. The Kier molecular flexibility index (Phi) is 4.95. The van der Waals surface area contributed by atoms with Crippen molar-refractivity contribution in [3.05, 3.63) is 59.2 Å². The number of benzene rings is 2. The topological polar surface area (TPSA) is 61.4 Å². The molecule has 0 radical (unpaired) electrons. The largest absolute Gasteiger partial charge is 0.392 e. The third-order valence-corrected chi connectivity index (χ3v) is 3.22. The fourth-order valence-corrected chi connectivity index (χ4v) is 2.11. The molecule has 21 heavy (non-hydrogen) atoms. The zero-order valence-electron chi connectivity index (χ0n) is 12.3. The van der Waals surface area contributed by atoms with Crippen LogP contribution < -0.4 is 10.6 Å². The lowest BCUT2D eigenvalue weighted by molar-refractivity contribution is -0.114. The maximum atomic E-state index is 12.0. The molecular weight excluding hydrogens is 264 g/mol. The fraction of sp³-hybridized carbons (Fsp3) is 0.235. The van der Waals surface area contributed by atoms with Gasteiger partial charge >= 0.3 is 0 Å². The quantitative estimate of drug-likeness (QED) is 0.791. The molecule has 0 aromatic heterocycles. The van der Waals surface area contributed by atoms with Crippen molar-refractivity contribution in [3.63, 3.8) is 0 Å². The van der Waals surface area contributed by atoms with Crippen molar-refractivity contribution >= 4 is 17.3 Å². The summed E-state index contributed by atoms with van der Waals surface area (Å²) in [7, 11) is 0. The summed E-state index contributed by atoms with van der Waals surface area (Å²) in [6, 6.07) is 13.3. The van der Waals surface area contributed by atoms with Gasteiger partial charge in [-0.2, -0.15) is 0 Å². The smallest absolute Gasteiger partial charge is 0.243 e. The first-order valence-electron chi connectivity index (χ1n) is 6.89. The molecule has 4 heteroatoms. The van der Waals surface area contributed by atoms with Gasteiger partial charge in [-0.3, -0.25) is 4.79 Å². The van der Waals surface area contributed by atoms with Crippen LogP contribution in [0.3, 0.4) is 0 Å². The molecule has 0 atom stereocenters. The number of aryl methyl sites for hydroxylation is 2. The van der Waals surface area contributed by atoms with Crippen LogP contribution in [-0.4, -0.2) is 17.6 Å². The van der Waals surface area contributed by atoms with Gasteiger partial charge in [-0.15, -0.1) is 0 Å². The number of amides is 1. The van der Waals surface area contributed by atoms with Gasteiger partial charge in [0.25, 0.3) is 0 Å². The van der Waals surface area contributed by atoms with E-state index in [4.69, 9.17) is 5.11 Å². The Morgan fingerprint density at radius 1 is 1.14 bits per heavy atom. The van der Waals surface area contributed by atoms with Gasteiger partial charge in [-0.25, -0.2) is 0 Å². The van der Waals surface area contributed by atoms with Crippen LogP contribution in [0.2, 0.25) is 0 Å². The van der Waals surface area contributed by atoms with E-state index < -0.39 is 0 Å². The first-order valence-corrected chi connectivity index (χ1v) is 6.89. The molecule has 4 nitrogen and oxygen atoms in total. The number of aliphatic hydroxyl groups is 1. The van der Waals surface area contributed by atoms with Crippen LogP contribution in [0.25, 0.3) is 0 Å². The van der Waals surface area contributed by atoms with Gasteiger partial charge < -0.3 is 15.7 Å². The van der Waals surface area contributed by atoms with Gasteiger partial charge in [-0.05, 0) is 43.2 Å². The standard InChI is InChI=1S/C17H20N2O2/c1-12-6-7-16(13(2)8-12)19-17(21)10-18-15-5-3-4-14(9-15)11-20/h3-9,18,20H,10-11H2,1-2H3,(H,19,21). The van der Waals surface area contributed by atoms with Crippen LogP contribution in [0.4, 0.5) is 11.4 Å². The molecule has 0 unspecified atom stereocenters. The minimum absolute atomic E-state index is 0.00965. The van der Waals surface area contributed by atoms with Crippen molar-refractivity contribution in [2.75, 3.05) is 17.2 Å². The van der Waals surface area contributed by atoms with Crippen molar-refractivity contribution in [2.45, 2.75) is 20.5 Å². The number of anilines is 2. The monoisotopic (exact) mass is 284 g/mol. The number of carbonyl (C=O) groups is 1. The van der Waals surface area contributed by atoms with Crippen LogP contribution in [0.5, 0.6) is 0 Å². The molecule has 2 aromatic carbocycles. The van der Waals surface area contributed by atoms with E-state index in [1.54, 1.807) is 0 Å². The summed E-state index contributed by atoms with van der Waals surface area (Å²) < 4.78 is 0. The summed E-state index contributed by atoms with van der Waals surface area (Å²) in [5.41, 5.74) is 4.68. The van der Waals surface area contributed by atoms with Gasteiger partial charge in [0, 0.05) is 11.4 Å². The predicted molar refractivity (Wildman–Crippen MR) is 85.4 cm³/mol. The Labute approximate surface area is 124 Å². The lowest BCUT2D eigenvalue weighted by atomic mass is 10.1. The predicted octanol–water partition coefficient (Wildman–Crippen LogP) is 2.85. The second-order valence-electron chi connectivity index (χ2n) is 5.08. The van der Waals surface area contributed by atoms with E-state index in [0.29, 0.717) is 0 Å².